The van der Waals surface area contributed by atoms with E-state index in [1.807, 2.05) is 23.2 Å². The molecule has 1 unspecified atom stereocenters. The van der Waals surface area contributed by atoms with Gasteiger partial charge in [0.2, 0.25) is 5.91 Å². The van der Waals surface area contributed by atoms with Crippen LogP contribution in [0.2, 0.25) is 0 Å². The van der Waals surface area contributed by atoms with Crippen molar-refractivity contribution in [1.29, 1.82) is 0 Å². The number of carbonyl (C=O) groups excluding carboxylic acids is 1. The second-order valence-corrected chi connectivity index (χ2v) is 7.35. The molecule has 3 rings (SSSR count). The second-order valence-electron chi connectivity index (χ2n) is 7.35. The van der Waals surface area contributed by atoms with Gasteiger partial charge in [-0.05, 0) is 30.5 Å². The van der Waals surface area contributed by atoms with E-state index in [-0.39, 0.29) is 36.1 Å². The number of likely N-dealkylation sites (tertiary alicyclic amines) is 1. The quantitative estimate of drug-likeness (QED) is 0.808. The largest absolute Gasteiger partial charge is 0.354 e. The molecular formula is C18H31Cl2N5O. The Bertz CT molecular complexity index is 554. The summed E-state index contributed by atoms with van der Waals surface area (Å²) in [6, 6.07) is 6.03. The van der Waals surface area contributed by atoms with Crippen molar-refractivity contribution in [3.05, 3.63) is 24.4 Å². The fourth-order valence-corrected chi connectivity index (χ4v) is 3.56. The number of carbonyl (C=O) groups is 1. The third-order valence-corrected chi connectivity index (χ3v) is 5.39. The van der Waals surface area contributed by atoms with Crippen LogP contribution in [0.1, 0.15) is 19.8 Å². The number of hydrogen-bond acceptors (Lipinski definition) is 5. The third-order valence-electron chi connectivity index (χ3n) is 5.39. The molecule has 2 aliphatic heterocycles. The van der Waals surface area contributed by atoms with Gasteiger partial charge in [0.1, 0.15) is 5.82 Å². The van der Waals surface area contributed by atoms with Gasteiger partial charge in [0.15, 0.2) is 0 Å². The SMILES string of the molecule is CC1(CN)CCN(C(=O)CCN2CCN(c3ccccn3)CC2)C1.Cl.Cl. The highest BCUT2D eigenvalue weighted by Gasteiger charge is 2.34. The molecular weight excluding hydrogens is 373 g/mol. The van der Waals surface area contributed by atoms with Gasteiger partial charge >= 0.3 is 0 Å². The van der Waals surface area contributed by atoms with Gasteiger partial charge in [-0.2, -0.15) is 0 Å². The highest BCUT2D eigenvalue weighted by atomic mass is 35.5. The van der Waals surface area contributed by atoms with Gasteiger partial charge in [-0.25, -0.2) is 4.98 Å². The first-order chi connectivity index (χ1) is 11.6. The maximum absolute atomic E-state index is 12.4. The summed E-state index contributed by atoms with van der Waals surface area (Å²) in [7, 11) is 0. The number of nitrogens with two attached hydrogens (primary N) is 1. The number of piperazine rings is 1. The smallest absolute Gasteiger partial charge is 0.223 e. The summed E-state index contributed by atoms with van der Waals surface area (Å²) < 4.78 is 0. The molecule has 26 heavy (non-hydrogen) atoms. The van der Waals surface area contributed by atoms with Crippen molar-refractivity contribution in [3.63, 3.8) is 0 Å². The Morgan fingerprint density at radius 3 is 2.50 bits per heavy atom. The van der Waals surface area contributed by atoms with Gasteiger partial charge in [-0.3, -0.25) is 9.69 Å². The van der Waals surface area contributed by atoms with Crippen molar-refractivity contribution in [2.24, 2.45) is 11.1 Å². The lowest BCUT2D eigenvalue weighted by Crippen LogP contribution is -2.47. The van der Waals surface area contributed by atoms with E-state index in [0.29, 0.717) is 13.0 Å². The van der Waals surface area contributed by atoms with E-state index in [4.69, 9.17) is 5.73 Å². The molecule has 2 fully saturated rings. The normalized spacial score (nSPS) is 23.3. The molecule has 1 amide bonds. The molecule has 0 radical (unpaired) electrons. The van der Waals surface area contributed by atoms with Gasteiger partial charge < -0.3 is 15.5 Å². The number of rotatable bonds is 5. The molecule has 2 saturated heterocycles. The number of pyridine rings is 1. The Balaban J connectivity index is 0.00000169. The Labute approximate surface area is 168 Å². The molecule has 6 nitrogen and oxygen atoms in total. The van der Waals surface area contributed by atoms with Crippen LogP contribution in [0.25, 0.3) is 0 Å². The Morgan fingerprint density at radius 1 is 1.19 bits per heavy atom. The van der Waals surface area contributed by atoms with Gasteiger partial charge in [-0.1, -0.05) is 13.0 Å². The summed E-state index contributed by atoms with van der Waals surface area (Å²) >= 11 is 0. The summed E-state index contributed by atoms with van der Waals surface area (Å²) in [4.78, 5) is 23.5. The topological polar surface area (TPSA) is 65.7 Å². The van der Waals surface area contributed by atoms with Crippen LogP contribution >= 0.6 is 24.8 Å². The lowest BCUT2D eigenvalue weighted by Gasteiger charge is -2.35. The van der Waals surface area contributed by atoms with Crippen LogP contribution in [0.15, 0.2) is 24.4 Å². The summed E-state index contributed by atoms with van der Waals surface area (Å²) in [6.45, 7) is 9.29. The number of aromatic nitrogens is 1. The second kappa shape index (κ2) is 10.3. The van der Waals surface area contributed by atoms with E-state index in [1.54, 1.807) is 0 Å². The molecule has 1 atom stereocenters. The fourth-order valence-electron chi connectivity index (χ4n) is 3.56. The van der Waals surface area contributed by atoms with Crippen LogP contribution in [0.4, 0.5) is 5.82 Å². The predicted octanol–water partition coefficient (Wildman–Crippen LogP) is 1.63. The molecule has 3 heterocycles. The summed E-state index contributed by atoms with van der Waals surface area (Å²) in [6.07, 6.45) is 3.48. The first-order valence-corrected chi connectivity index (χ1v) is 8.96. The van der Waals surface area contributed by atoms with Gasteiger partial charge in [-0.15, -0.1) is 24.8 Å². The summed E-state index contributed by atoms with van der Waals surface area (Å²) in [5, 5.41) is 0. The Morgan fingerprint density at radius 2 is 1.92 bits per heavy atom. The van der Waals surface area contributed by atoms with E-state index in [1.165, 1.54) is 0 Å². The molecule has 0 spiro atoms. The number of amides is 1. The number of nitrogens with zero attached hydrogens (tertiary/aromatic N) is 4. The molecule has 0 aromatic carbocycles. The summed E-state index contributed by atoms with van der Waals surface area (Å²) in [5.74, 6) is 1.32. The van der Waals surface area contributed by atoms with Crippen molar-refractivity contribution < 1.29 is 4.79 Å². The number of hydrogen-bond donors (Lipinski definition) is 1. The van der Waals surface area contributed by atoms with Crippen molar-refractivity contribution in [3.8, 4) is 0 Å². The lowest BCUT2D eigenvalue weighted by atomic mass is 9.90. The minimum absolute atomic E-state index is 0. The zero-order chi connectivity index (χ0) is 17.0. The van der Waals surface area contributed by atoms with Crippen LogP contribution in [-0.2, 0) is 4.79 Å². The number of halogens is 2. The first kappa shape index (κ1) is 23.0. The minimum atomic E-state index is 0. The summed E-state index contributed by atoms with van der Waals surface area (Å²) in [5.41, 5.74) is 5.94. The molecule has 2 N–H and O–H groups in total. The van der Waals surface area contributed by atoms with Crippen LogP contribution in [0, 0.1) is 5.41 Å². The minimum Gasteiger partial charge on any atom is -0.354 e. The van der Waals surface area contributed by atoms with Crippen molar-refractivity contribution in [2.45, 2.75) is 19.8 Å². The van der Waals surface area contributed by atoms with E-state index >= 15 is 0 Å². The Kier molecular flexibility index (Phi) is 9.10. The molecule has 2 aliphatic rings. The molecule has 148 valence electrons. The Hall–Kier alpha value is -1.08. The highest BCUT2D eigenvalue weighted by molar-refractivity contribution is 5.85. The monoisotopic (exact) mass is 403 g/mol. The van der Waals surface area contributed by atoms with Crippen LogP contribution in [0.5, 0.6) is 0 Å². The maximum atomic E-state index is 12.4. The molecule has 0 bridgehead atoms. The first-order valence-electron chi connectivity index (χ1n) is 8.96. The lowest BCUT2D eigenvalue weighted by molar-refractivity contribution is -0.130. The van der Waals surface area contributed by atoms with Crippen molar-refractivity contribution in [2.75, 3.05) is 57.3 Å². The molecule has 8 heteroatoms. The molecule has 1 aromatic heterocycles. The molecule has 0 saturated carbocycles. The van der Waals surface area contributed by atoms with Gasteiger partial charge in [0.25, 0.3) is 0 Å². The molecule has 1 aromatic rings. The van der Waals surface area contributed by atoms with Crippen LogP contribution in [-0.4, -0.2) is 73.0 Å². The van der Waals surface area contributed by atoms with Gasteiger partial charge in [0, 0.05) is 58.4 Å². The van der Waals surface area contributed by atoms with Crippen LogP contribution < -0.4 is 10.6 Å². The average molecular weight is 404 g/mol. The van der Waals surface area contributed by atoms with Crippen molar-refractivity contribution in [1.82, 2.24) is 14.8 Å². The fraction of sp³-hybridized carbons (Fsp3) is 0.667. The van der Waals surface area contributed by atoms with E-state index in [0.717, 1.165) is 58.1 Å². The predicted molar refractivity (Wildman–Crippen MR) is 110 cm³/mol. The third kappa shape index (κ3) is 5.71. The highest BCUT2D eigenvalue weighted by Crippen LogP contribution is 2.28. The van der Waals surface area contributed by atoms with Crippen molar-refractivity contribution >= 4 is 36.5 Å². The van der Waals surface area contributed by atoms with E-state index in [9.17, 15) is 4.79 Å². The average Bonchev–Trinajstić information content (AvgIpc) is 3.04. The number of anilines is 1. The maximum Gasteiger partial charge on any atom is 0.223 e. The van der Waals surface area contributed by atoms with E-state index < -0.39 is 0 Å². The standard InChI is InChI=1S/C18H29N5O.2ClH/c1-18(14-19)6-9-23(15-18)17(24)5-8-21-10-12-22(13-11-21)16-4-2-3-7-20-16;;/h2-4,7H,5-6,8-15,19H2,1H3;2*1H. The molecule has 0 aliphatic carbocycles. The zero-order valence-corrected chi connectivity index (χ0v) is 17.1. The van der Waals surface area contributed by atoms with Crippen LogP contribution in [0.3, 0.4) is 0 Å². The van der Waals surface area contributed by atoms with E-state index in [2.05, 4.69) is 27.8 Å². The zero-order valence-electron chi connectivity index (χ0n) is 15.5. The van der Waals surface area contributed by atoms with Gasteiger partial charge in [0.05, 0.1) is 0 Å².